The van der Waals surface area contributed by atoms with Crippen LogP contribution in [0.2, 0.25) is 0 Å². The molecule has 1 fully saturated rings. The van der Waals surface area contributed by atoms with Gasteiger partial charge in [0.15, 0.2) is 5.78 Å². The second-order valence-corrected chi connectivity index (χ2v) is 4.77. The maximum atomic E-state index is 11.7. The summed E-state index contributed by atoms with van der Waals surface area (Å²) < 4.78 is 5.26. The van der Waals surface area contributed by atoms with Crippen LogP contribution >= 0.6 is 0 Å². The molecule has 0 radical (unpaired) electrons. The van der Waals surface area contributed by atoms with Crippen molar-refractivity contribution in [3.05, 3.63) is 29.8 Å². The molecule has 1 aliphatic heterocycles. The fourth-order valence-electron chi connectivity index (χ4n) is 2.28. The molecule has 2 rings (SSSR count). The average molecular weight is 233 g/mol. The molecule has 1 aromatic carbocycles. The summed E-state index contributed by atoms with van der Waals surface area (Å²) in [6.07, 6.45) is 0. The molecule has 92 valence electrons. The minimum atomic E-state index is 0.117. The first-order chi connectivity index (χ1) is 8.11. The van der Waals surface area contributed by atoms with Crippen LogP contribution in [0.4, 0.5) is 5.69 Å². The third-order valence-corrected chi connectivity index (χ3v) is 3.13. The minimum absolute atomic E-state index is 0.117. The van der Waals surface area contributed by atoms with Crippen molar-refractivity contribution in [1.29, 1.82) is 0 Å². The molecule has 3 nitrogen and oxygen atoms in total. The predicted molar refractivity (Wildman–Crippen MR) is 68.7 cm³/mol. The molecule has 0 aromatic heterocycles. The van der Waals surface area contributed by atoms with Crippen molar-refractivity contribution in [2.75, 3.05) is 18.1 Å². The van der Waals surface area contributed by atoms with Gasteiger partial charge in [0.05, 0.1) is 19.3 Å². The van der Waals surface area contributed by atoms with Crippen LogP contribution in [-0.2, 0) is 4.74 Å². The summed E-state index contributed by atoms with van der Waals surface area (Å²) in [6.45, 7) is 7.42. The largest absolute Gasteiger partial charge is 0.377 e. The van der Waals surface area contributed by atoms with Crippen molar-refractivity contribution in [1.82, 2.24) is 0 Å². The highest BCUT2D eigenvalue weighted by atomic mass is 16.5. The van der Waals surface area contributed by atoms with Gasteiger partial charge in [-0.1, -0.05) is 12.1 Å². The van der Waals surface area contributed by atoms with E-state index >= 15 is 0 Å². The summed E-state index contributed by atoms with van der Waals surface area (Å²) in [5, 5.41) is 0. The molecule has 1 aliphatic rings. The fraction of sp³-hybridized carbons (Fsp3) is 0.500. The van der Waals surface area contributed by atoms with Crippen LogP contribution in [0.5, 0.6) is 0 Å². The number of carbonyl (C=O) groups is 1. The van der Waals surface area contributed by atoms with E-state index in [0.717, 1.165) is 24.5 Å². The molecule has 0 saturated carbocycles. The van der Waals surface area contributed by atoms with E-state index in [-0.39, 0.29) is 5.78 Å². The topological polar surface area (TPSA) is 29.5 Å². The van der Waals surface area contributed by atoms with Gasteiger partial charge in [-0.05, 0) is 32.9 Å². The lowest BCUT2D eigenvalue weighted by atomic mass is 10.0. The van der Waals surface area contributed by atoms with E-state index in [1.807, 2.05) is 24.3 Å². The normalized spacial score (nSPS) is 15.8. The molecule has 0 bridgehead atoms. The summed E-state index contributed by atoms with van der Waals surface area (Å²) in [5.41, 5.74) is 1.83. The lowest BCUT2D eigenvalue weighted by molar-refractivity contribution is 0.00573. The molecule has 0 atom stereocenters. The molecule has 0 aliphatic carbocycles. The maximum Gasteiger partial charge on any atom is 0.161 e. The van der Waals surface area contributed by atoms with Crippen LogP contribution in [0.15, 0.2) is 24.3 Å². The molecular formula is C14H19NO2. The number of hydrogen-bond donors (Lipinski definition) is 0. The zero-order valence-electron chi connectivity index (χ0n) is 10.6. The van der Waals surface area contributed by atoms with Crippen LogP contribution in [0.3, 0.4) is 0 Å². The molecule has 17 heavy (non-hydrogen) atoms. The second kappa shape index (κ2) is 4.88. The van der Waals surface area contributed by atoms with Gasteiger partial charge in [-0.3, -0.25) is 4.79 Å². The first-order valence-corrected chi connectivity index (χ1v) is 6.07. The van der Waals surface area contributed by atoms with Gasteiger partial charge in [0.2, 0.25) is 0 Å². The number of hydrogen-bond acceptors (Lipinski definition) is 3. The third-order valence-electron chi connectivity index (χ3n) is 3.13. The number of nitrogens with zero attached hydrogens (tertiary/aromatic N) is 1. The number of anilines is 1. The summed E-state index contributed by atoms with van der Waals surface area (Å²) in [4.78, 5) is 14.0. The summed E-state index contributed by atoms with van der Waals surface area (Å²) >= 11 is 0. The SMILES string of the molecule is CC(=O)c1ccccc1N(C(C)C)C1COC1. The first kappa shape index (κ1) is 12.1. The van der Waals surface area contributed by atoms with Crippen LogP contribution in [-0.4, -0.2) is 31.1 Å². The third kappa shape index (κ3) is 2.34. The Morgan fingerprint density at radius 3 is 2.47 bits per heavy atom. The van der Waals surface area contributed by atoms with Crippen LogP contribution < -0.4 is 4.90 Å². The number of carbonyl (C=O) groups excluding carboxylic acids is 1. The average Bonchev–Trinajstić information content (AvgIpc) is 2.22. The Balaban J connectivity index is 2.38. The Hall–Kier alpha value is -1.35. The van der Waals surface area contributed by atoms with Crippen molar-refractivity contribution in [3.8, 4) is 0 Å². The second-order valence-electron chi connectivity index (χ2n) is 4.77. The summed E-state index contributed by atoms with van der Waals surface area (Å²) in [7, 11) is 0. The number of Topliss-reactive ketones (excluding diaryl/α,β-unsaturated/α-hetero) is 1. The van der Waals surface area contributed by atoms with Gasteiger partial charge in [0, 0.05) is 17.3 Å². The molecule has 0 spiro atoms. The lowest BCUT2D eigenvalue weighted by Crippen LogP contribution is -2.52. The smallest absolute Gasteiger partial charge is 0.161 e. The van der Waals surface area contributed by atoms with Crippen LogP contribution in [0, 0.1) is 0 Å². The molecule has 0 unspecified atom stereocenters. The standard InChI is InChI=1S/C14H19NO2/c1-10(2)15(12-8-17-9-12)14-7-5-4-6-13(14)11(3)16/h4-7,10,12H,8-9H2,1-3H3. The molecule has 1 aromatic rings. The zero-order valence-corrected chi connectivity index (χ0v) is 10.6. The van der Waals surface area contributed by atoms with Gasteiger partial charge in [0.1, 0.15) is 0 Å². The predicted octanol–water partition coefficient (Wildman–Crippen LogP) is 2.50. The van der Waals surface area contributed by atoms with E-state index in [1.165, 1.54) is 0 Å². The van der Waals surface area contributed by atoms with Gasteiger partial charge in [-0.15, -0.1) is 0 Å². The number of benzene rings is 1. The van der Waals surface area contributed by atoms with Gasteiger partial charge >= 0.3 is 0 Å². The van der Waals surface area contributed by atoms with Gasteiger partial charge in [-0.25, -0.2) is 0 Å². The summed E-state index contributed by atoms with van der Waals surface area (Å²) in [5.74, 6) is 0.117. The minimum Gasteiger partial charge on any atom is -0.377 e. The lowest BCUT2D eigenvalue weighted by Gasteiger charge is -2.42. The number of ketones is 1. The molecule has 1 saturated heterocycles. The highest BCUT2D eigenvalue weighted by Gasteiger charge is 2.29. The van der Waals surface area contributed by atoms with Crippen molar-refractivity contribution in [2.24, 2.45) is 0 Å². The Labute approximate surface area is 102 Å². The van der Waals surface area contributed by atoms with E-state index in [4.69, 9.17) is 4.74 Å². The quantitative estimate of drug-likeness (QED) is 0.748. The first-order valence-electron chi connectivity index (χ1n) is 6.07. The van der Waals surface area contributed by atoms with E-state index in [9.17, 15) is 4.79 Å². The summed E-state index contributed by atoms with van der Waals surface area (Å²) in [6, 6.07) is 8.58. The monoisotopic (exact) mass is 233 g/mol. The van der Waals surface area contributed by atoms with Crippen LogP contribution in [0.25, 0.3) is 0 Å². The molecule has 0 N–H and O–H groups in total. The molecule has 3 heteroatoms. The van der Waals surface area contributed by atoms with E-state index in [1.54, 1.807) is 6.92 Å². The Morgan fingerprint density at radius 2 is 2.00 bits per heavy atom. The number of ether oxygens (including phenoxy) is 1. The highest BCUT2D eigenvalue weighted by molar-refractivity contribution is 5.99. The Bertz CT molecular complexity index is 410. The van der Waals surface area contributed by atoms with E-state index in [0.29, 0.717) is 12.1 Å². The van der Waals surface area contributed by atoms with Gasteiger partial charge in [0.25, 0.3) is 0 Å². The fourth-order valence-corrected chi connectivity index (χ4v) is 2.28. The number of para-hydroxylation sites is 1. The molecular weight excluding hydrogens is 214 g/mol. The molecule has 1 heterocycles. The highest BCUT2D eigenvalue weighted by Crippen LogP contribution is 2.27. The van der Waals surface area contributed by atoms with Gasteiger partial charge in [-0.2, -0.15) is 0 Å². The molecule has 0 amide bonds. The maximum absolute atomic E-state index is 11.7. The van der Waals surface area contributed by atoms with Crippen molar-refractivity contribution >= 4 is 11.5 Å². The van der Waals surface area contributed by atoms with Gasteiger partial charge < -0.3 is 9.64 Å². The van der Waals surface area contributed by atoms with E-state index < -0.39 is 0 Å². The van der Waals surface area contributed by atoms with Crippen molar-refractivity contribution < 1.29 is 9.53 Å². The Morgan fingerprint density at radius 1 is 1.35 bits per heavy atom. The Kier molecular flexibility index (Phi) is 3.48. The van der Waals surface area contributed by atoms with Crippen LogP contribution in [0.1, 0.15) is 31.1 Å². The van der Waals surface area contributed by atoms with Crippen molar-refractivity contribution in [2.45, 2.75) is 32.9 Å². The van der Waals surface area contributed by atoms with Crippen molar-refractivity contribution in [3.63, 3.8) is 0 Å². The zero-order chi connectivity index (χ0) is 12.4. The van der Waals surface area contributed by atoms with E-state index in [2.05, 4.69) is 18.7 Å². The number of rotatable bonds is 4.